The molecule has 0 nitrogen and oxygen atoms in total. The lowest BCUT2D eigenvalue weighted by Crippen LogP contribution is -1.84. The molecule has 0 aliphatic carbocycles. The summed E-state index contributed by atoms with van der Waals surface area (Å²) in [6.07, 6.45) is 0. The summed E-state index contributed by atoms with van der Waals surface area (Å²) in [7, 11) is 0. The van der Waals surface area contributed by atoms with Gasteiger partial charge in [-0.2, -0.15) is 0 Å². The lowest BCUT2D eigenvalue weighted by molar-refractivity contribution is 1.38. The van der Waals surface area contributed by atoms with E-state index >= 15 is 0 Å². The van der Waals surface area contributed by atoms with E-state index in [1.807, 2.05) is 41.5 Å². The van der Waals surface area contributed by atoms with Gasteiger partial charge < -0.3 is 0 Å². The van der Waals surface area contributed by atoms with Crippen molar-refractivity contribution in [1.82, 2.24) is 0 Å². The lowest BCUT2D eigenvalue weighted by Gasteiger charge is -2.08. The Morgan fingerprint density at radius 2 is 0.815 bits per heavy atom. The predicted molar refractivity (Wildman–Crippen MR) is 126 cm³/mol. The smallest absolute Gasteiger partial charge is 0.0178 e. The Morgan fingerprint density at radius 1 is 0.370 bits per heavy atom. The summed E-state index contributed by atoms with van der Waals surface area (Å²) in [5.74, 6) is 0. The standard InChI is InChI=1S/C21H20.3C2H6/c1-15-7-9-18(10-8-15)19-5-4-6-20(14-19)21-12-16(2)11-17(3)13-21;3*1-2/h4-14H,1-3H3;3*1-2H3. The average molecular weight is 363 g/mol. The van der Waals surface area contributed by atoms with Gasteiger partial charge in [-0.1, -0.05) is 119 Å². The van der Waals surface area contributed by atoms with E-state index in [4.69, 9.17) is 0 Å². The van der Waals surface area contributed by atoms with E-state index < -0.39 is 0 Å². The van der Waals surface area contributed by atoms with E-state index in [1.165, 1.54) is 38.9 Å². The number of hydrogen-bond donors (Lipinski definition) is 0. The molecule has 0 radical (unpaired) electrons. The molecule has 0 atom stereocenters. The van der Waals surface area contributed by atoms with Crippen molar-refractivity contribution in [2.75, 3.05) is 0 Å². The molecule has 3 rings (SSSR count). The van der Waals surface area contributed by atoms with E-state index in [0.29, 0.717) is 0 Å². The normalized spacial score (nSPS) is 8.93. The minimum atomic E-state index is 1.27. The lowest BCUT2D eigenvalue weighted by atomic mass is 9.96. The Balaban J connectivity index is 0.00000103. The molecule has 0 heterocycles. The summed E-state index contributed by atoms with van der Waals surface area (Å²) >= 11 is 0. The molecule has 27 heavy (non-hydrogen) atoms. The van der Waals surface area contributed by atoms with Gasteiger partial charge in [-0.05, 0) is 49.1 Å². The fourth-order valence-corrected chi connectivity index (χ4v) is 2.77. The van der Waals surface area contributed by atoms with Crippen LogP contribution in [0.4, 0.5) is 0 Å². The van der Waals surface area contributed by atoms with Gasteiger partial charge in [0.1, 0.15) is 0 Å². The van der Waals surface area contributed by atoms with Crippen LogP contribution in [0.15, 0.2) is 66.7 Å². The van der Waals surface area contributed by atoms with Gasteiger partial charge in [-0.3, -0.25) is 0 Å². The molecule has 0 aliphatic rings. The molecule has 0 unspecified atom stereocenters. The van der Waals surface area contributed by atoms with Crippen LogP contribution in [-0.4, -0.2) is 0 Å². The third-order valence-corrected chi connectivity index (χ3v) is 3.80. The van der Waals surface area contributed by atoms with Gasteiger partial charge in [0.25, 0.3) is 0 Å². The van der Waals surface area contributed by atoms with Crippen molar-refractivity contribution in [3.63, 3.8) is 0 Å². The highest BCUT2D eigenvalue weighted by Crippen LogP contribution is 2.27. The van der Waals surface area contributed by atoms with Crippen LogP contribution in [0.25, 0.3) is 22.3 Å². The summed E-state index contributed by atoms with van der Waals surface area (Å²) in [6.45, 7) is 18.4. The highest BCUT2D eigenvalue weighted by atomic mass is 14.1. The second kappa shape index (κ2) is 13.8. The van der Waals surface area contributed by atoms with Crippen LogP contribution >= 0.6 is 0 Å². The number of hydrogen-bond acceptors (Lipinski definition) is 0. The Labute approximate surface area is 168 Å². The van der Waals surface area contributed by atoms with Gasteiger partial charge >= 0.3 is 0 Å². The van der Waals surface area contributed by atoms with Crippen molar-refractivity contribution in [1.29, 1.82) is 0 Å². The van der Waals surface area contributed by atoms with E-state index in [-0.39, 0.29) is 0 Å². The molecular weight excluding hydrogens is 324 g/mol. The highest BCUT2D eigenvalue weighted by Gasteiger charge is 2.03. The minimum absolute atomic E-state index is 1.27. The maximum Gasteiger partial charge on any atom is -0.0178 e. The molecule has 3 aromatic carbocycles. The van der Waals surface area contributed by atoms with Crippen molar-refractivity contribution in [3.8, 4) is 22.3 Å². The van der Waals surface area contributed by atoms with Gasteiger partial charge in [0.05, 0.1) is 0 Å². The van der Waals surface area contributed by atoms with Crippen LogP contribution in [0, 0.1) is 20.8 Å². The summed E-state index contributed by atoms with van der Waals surface area (Å²) in [4.78, 5) is 0. The fourth-order valence-electron chi connectivity index (χ4n) is 2.77. The Bertz CT molecular complexity index is 744. The maximum atomic E-state index is 2.28. The Kier molecular flexibility index (Phi) is 12.6. The number of rotatable bonds is 2. The molecule has 0 fully saturated rings. The second-order valence-corrected chi connectivity index (χ2v) is 5.82. The predicted octanol–water partition coefficient (Wildman–Crippen LogP) is 9.02. The van der Waals surface area contributed by atoms with Crippen LogP contribution in [0.1, 0.15) is 58.2 Å². The van der Waals surface area contributed by atoms with Crippen molar-refractivity contribution in [2.24, 2.45) is 0 Å². The molecule has 3 aromatic rings. The summed E-state index contributed by atoms with van der Waals surface area (Å²) in [5, 5.41) is 0. The van der Waals surface area contributed by atoms with Gasteiger partial charge in [-0.15, -0.1) is 0 Å². The zero-order valence-corrected chi connectivity index (χ0v) is 18.9. The summed E-state index contributed by atoms with van der Waals surface area (Å²) in [5.41, 5.74) is 9.03. The van der Waals surface area contributed by atoms with Gasteiger partial charge in [0.2, 0.25) is 0 Å². The van der Waals surface area contributed by atoms with Crippen molar-refractivity contribution >= 4 is 0 Å². The quantitative estimate of drug-likeness (QED) is 0.426. The molecule has 146 valence electrons. The second-order valence-electron chi connectivity index (χ2n) is 5.82. The first-order valence-corrected chi connectivity index (χ1v) is 10.4. The molecule has 0 spiro atoms. The van der Waals surface area contributed by atoms with E-state index in [0.717, 1.165) is 0 Å². The van der Waals surface area contributed by atoms with Crippen LogP contribution in [0.3, 0.4) is 0 Å². The van der Waals surface area contributed by atoms with Crippen LogP contribution in [0.5, 0.6) is 0 Å². The van der Waals surface area contributed by atoms with E-state index in [9.17, 15) is 0 Å². The largest absolute Gasteiger partial charge is 0.0683 e. The molecule has 0 aromatic heterocycles. The van der Waals surface area contributed by atoms with Crippen molar-refractivity contribution < 1.29 is 0 Å². The minimum Gasteiger partial charge on any atom is -0.0683 e. The third kappa shape index (κ3) is 7.83. The van der Waals surface area contributed by atoms with Crippen molar-refractivity contribution in [3.05, 3.63) is 83.4 Å². The molecule has 0 saturated carbocycles. The molecule has 0 amide bonds. The molecule has 0 bridgehead atoms. The molecular formula is C27H38. The highest BCUT2D eigenvalue weighted by molar-refractivity contribution is 5.73. The first-order chi connectivity index (χ1) is 13.1. The van der Waals surface area contributed by atoms with Gasteiger partial charge in [0.15, 0.2) is 0 Å². The van der Waals surface area contributed by atoms with Gasteiger partial charge in [0, 0.05) is 0 Å². The monoisotopic (exact) mass is 362 g/mol. The summed E-state index contributed by atoms with van der Waals surface area (Å²) in [6, 6.07) is 24.2. The zero-order valence-electron chi connectivity index (χ0n) is 18.9. The topological polar surface area (TPSA) is 0 Å². The zero-order chi connectivity index (χ0) is 20.8. The maximum absolute atomic E-state index is 2.28. The molecule has 0 aliphatic heterocycles. The first kappa shape index (κ1) is 24.7. The van der Waals surface area contributed by atoms with Crippen LogP contribution in [-0.2, 0) is 0 Å². The SMILES string of the molecule is CC.CC.CC.Cc1ccc(-c2cccc(-c3cc(C)cc(C)c3)c2)cc1. The third-order valence-electron chi connectivity index (χ3n) is 3.80. The number of aryl methyl sites for hydroxylation is 3. The van der Waals surface area contributed by atoms with Crippen LogP contribution in [0.2, 0.25) is 0 Å². The molecule has 0 heteroatoms. The Morgan fingerprint density at radius 3 is 1.30 bits per heavy atom. The first-order valence-electron chi connectivity index (χ1n) is 10.4. The Hall–Kier alpha value is -2.34. The summed E-state index contributed by atoms with van der Waals surface area (Å²) < 4.78 is 0. The van der Waals surface area contributed by atoms with E-state index in [2.05, 4.69) is 87.5 Å². The molecule has 0 N–H and O–H groups in total. The average Bonchev–Trinajstić information content (AvgIpc) is 2.72. The fraction of sp³-hybridized carbons (Fsp3) is 0.333. The van der Waals surface area contributed by atoms with Crippen LogP contribution < -0.4 is 0 Å². The van der Waals surface area contributed by atoms with E-state index in [1.54, 1.807) is 0 Å². The van der Waals surface area contributed by atoms with Crippen molar-refractivity contribution in [2.45, 2.75) is 62.3 Å². The molecule has 0 saturated heterocycles. The van der Waals surface area contributed by atoms with Gasteiger partial charge in [-0.25, -0.2) is 0 Å². The number of benzene rings is 3.